The molecule has 7 heteroatoms. The highest BCUT2D eigenvalue weighted by molar-refractivity contribution is 5.94. The third-order valence-electron chi connectivity index (χ3n) is 2.02. The number of rotatable bonds is 4. The molecule has 7 nitrogen and oxygen atoms in total. The van der Waals surface area contributed by atoms with Gasteiger partial charge in [0, 0.05) is 6.54 Å². The van der Waals surface area contributed by atoms with Crippen molar-refractivity contribution in [3.05, 3.63) is 0 Å². The number of nitrogens with zero attached hydrogens (tertiary/aromatic N) is 1. The van der Waals surface area contributed by atoms with E-state index in [1.165, 1.54) is 0 Å². The van der Waals surface area contributed by atoms with Crippen molar-refractivity contribution in [2.45, 2.75) is 18.9 Å². The Labute approximate surface area is 87.3 Å². The molecule has 2 amide bonds. The first-order chi connectivity index (χ1) is 7.09. The third kappa shape index (κ3) is 3.84. The molecule has 1 unspecified atom stereocenters. The molecule has 0 spiro atoms. The van der Waals surface area contributed by atoms with Gasteiger partial charge in [0.2, 0.25) is 11.8 Å². The van der Waals surface area contributed by atoms with E-state index in [0.717, 1.165) is 0 Å². The van der Waals surface area contributed by atoms with E-state index in [4.69, 9.17) is 11.5 Å². The minimum atomic E-state index is -0.458. The molecule has 0 radical (unpaired) electrons. The van der Waals surface area contributed by atoms with Crippen molar-refractivity contribution in [1.29, 1.82) is 0 Å². The highest BCUT2D eigenvalue weighted by Gasteiger charge is 2.24. The number of carbonyl (C=O) groups is 2. The smallest absolute Gasteiger partial charge is 0.243 e. The molecule has 0 saturated carbocycles. The van der Waals surface area contributed by atoms with Crippen LogP contribution in [-0.2, 0) is 9.59 Å². The fourth-order valence-corrected chi connectivity index (χ4v) is 1.31. The summed E-state index contributed by atoms with van der Waals surface area (Å²) in [5.41, 5.74) is 10.3. The number of hydrogen-bond acceptors (Lipinski definition) is 3. The molecular formula is C8H15N5O2. The van der Waals surface area contributed by atoms with E-state index < -0.39 is 6.04 Å². The van der Waals surface area contributed by atoms with Gasteiger partial charge in [-0.15, -0.1) is 0 Å². The average molecular weight is 213 g/mol. The summed E-state index contributed by atoms with van der Waals surface area (Å²) in [5.74, 6) is -0.284. The zero-order chi connectivity index (χ0) is 11.3. The number of guanidine groups is 1. The molecule has 1 aliphatic rings. The van der Waals surface area contributed by atoms with Crippen molar-refractivity contribution < 1.29 is 9.59 Å². The molecule has 6 N–H and O–H groups in total. The van der Waals surface area contributed by atoms with Gasteiger partial charge in [0.15, 0.2) is 5.96 Å². The quantitative estimate of drug-likeness (QED) is 0.237. The lowest BCUT2D eigenvalue weighted by molar-refractivity contribution is -0.133. The van der Waals surface area contributed by atoms with Gasteiger partial charge in [0.25, 0.3) is 0 Å². The predicted molar refractivity (Wildman–Crippen MR) is 54.9 cm³/mol. The van der Waals surface area contributed by atoms with Crippen LogP contribution in [0.25, 0.3) is 0 Å². The largest absolute Gasteiger partial charge is 0.370 e. The number of aliphatic imine (C=N–C) groups is 1. The first-order valence-electron chi connectivity index (χ1n) is 4.72. The lowest BCUT2D eigenvalue weighted by atomic mass is 10.1. The lowest BCUT2D eigenvalue weighted by Gasteiger charge is -2.22. The van der Waals surface area contributed by atoms with E-state index in [-0.39, 0.29) is 24.3 Å². The number of hydrogen-bond donors (Lipinski definition) is 4. The molecule has 1 fully saturated rings. The summed E-state index contributed by atoms with van der Waals surface area (Å²) in [7, 11) is 0. The van der Waals surface area contributed by atoms with E-state index >= 15 is 0 Å². The summed E-state index contributed by atoms with van der Waals surface area (Å²) in [6.45, 7) is 0.519. The minimum Gasteiger partial charge on any atom is -0.370 e. The topological polar surface area (TPSA) is 123 Å². The zero-order valence-electron chi connectivity index (χ0n) is 8.32. The van der Waals surface area contributed by atoms with Crippen molar-refractivity contribution in [1.82, 2.24) is 10.6 Å². The van der Waals surface area contributed by atoms with Crippen molar-refractivity contribution in [2.75, 3.05) is 13.1 Å². The Hall–Kier alpha value is -1.79. The van der Waals surface area contributed by atoms with Gasteiger partial charge in [-0.1, -0.05) is 0 Å². The van der Waals surface area contributed by atoms with Crippen LogP contribution in [-0.4, -0.2) is 36.9 Å². The third-order valence-corrected chi connectivity index (χ3v) is 2.02. The normalized spacial score (nSPS) is 20.4. The molecule has 0 aromatic carbocycles. The fourth-order valence-electron chi connectivity index (χ4n) is 1.31. The maximum absolute atomic E-state index is 11.3. The van der Waals surface area contributed by atoms with Gasteiger partial charge in [0.05, 0.1) is 6.54 Å². The van der Waals surface area contributed by atoms with Crippen molar-refractivity contribution in [3.8, 4) is 0 Å². The molecule has 0 aromatic rings. The molecule has 1 saturated heterocycles. The first kappa shape index (κ1) is 11.3. The van der Waals surface area contributed by atoms with Crippen LogP contribution >= 0.6 is 0 Å². The number of amides is 2. The minimum absolute atomic E-state index is 0.0344. The van der Waals surface area contributed by atoms with Gasteiger partial charge in [-0.2, -0.15) is 0 Å². The second-order valence-electron chi connectivity index (χ2n) is 3.29. The summed E-state index contributed by atoms with van der Waals surface area (Å²) in [5, 5.41) is 5.09. The highest BCUT2D eigenvalue weighted by atomic mass is 16.2. The SMILES string of the molecule is NC(N)=NCCCC1NC(=O)CNC1=O. The standard InChI is InChI=1S/C8H15N5O2/c9-8(10)11-3-1-2-5-7(15)12-4-6(14)13-5/h5H,1-4H2,(H,12,15)(H,13,14)(H4,9,10,11). The Bertz CT molecular complexity index is 285. The average Bonchev–Trinajstić information content (AvgIpc) is 2.17. The summed E-state index contributed by atoms with van der Waals surface area (Å²) in [4.78, 5) is 26.0. The molecular weight excluding hydrogens is 198 g/mol. The molecule has 84 valence electrons. The molecule has 1 rings (SSSR count). The van der Waals surface area contributed by atoms with Crippen LogP contribution in [0.15, 0.2) is 4.99 Å². The number of nitrogens with two attached hydrogens (primary N) is 2. The summed E-state index contributed by atoms with van der Waals surface area (Å²) in [6.07, 6.45) is 1.19. The second-order valence-corrected chi connectivity index (χ2v) is 3.29. The van der Waals surface area contributed by atoms with E-state index in [2.05, 4.69) is 15.6 Å². The van der Waals surface area contributed by atoms with Crippen LogP contribution in [0.1, 0.15) is 12.8 Å². The Morgan fingerprint density at radius 2 is 2.20 bits per heavy atom. The van der Waals surface area contributed by atoms with Crippen molar-refractivity contribution in [3.63, 3.8) is 0 Å². The molecule has 1 aliphatic heterocycles. The summed E-state index contributed by atoms with van der Waals surface area (Å²) in [6, 6.07) is -0.458. The van der Waals surface area contributed by atoms with Crippen LogP contribution < -0.4 is 22.1 Å². The first-order valence-corrected chi connectivity index (χ1v) is 4.72. The van der Waals surface area contributed by atoms with E-state index in [9.17, 15) is 9.59 Å². The van der Waals surface area contributed by atoms with E-state index in [1.54, 1.807) is 0 Å². The van der Waals surface area contributed by atoms with Gasteiger partial charge in [0.1, 0.15) is 6.04 Å². The monoisotopic (exact) mass is 213 g/mol. The number of carbonyl (C=O) groups excluding carboxylic acids is 2. The van der Waals surface area contributed by atoms with Gasteiger partial charge < -0.3 is 22.1 Å². The fraction of sp³-hybridized carbons (Fsp3) is 0.625. The Morgan fingerprint density at radius 1 is 1.47 bits per heavy atom. The molecule has 1 atom stereocenters. The van der Waals surface area contributed by atoms with Crippen molar-refractivity contribution in [2.24, 2.45) is 16.5 Å². The number of piperazine rings is 1. The maximum atomic E-state index is 11.3. The lowest BCUT2D eigenvalue weighted by Crippen LogP contribution is -2.56. The Morgan fingerprint density at radius 3 is 2.87 bits per heavy atom. The van der Waals surface area contributed by atoms with Gasteiger partial charge in [-0.25, -0.2) is 0 Å². The highest BCUT2D eigenvalue weighted by Crippen LogP contribution is 2.00. The van der Waals surface area contributed by atoms with Crippen LogP contribution in [0.5, 0.6) is 0 Å². The van der Waals surface area contributed by atoms with Crippen molar-refractivity contribution >= 4 is 17.8 Å². The molecule has 15 heavy (non-hydrogen) atoms. The summed E-state index contributed by atoms with van der Waals surface area (Å²) >= 11 is 0. The van der Waals surface area contributed by atoms with Gasteiger partial charge in [-0.05, 0) is 12.8 Å². The zero-order valence-corrected chi connectivity index (χ0v) is 8.32. The van der Waals surface area contributed by atoms with Crippen LogP contribution in [0, 0.1) is 0 Å². The summed E-state index contributed by atoms with van der Waals surface area (Å²) < 4.78 is 0. The molecule has 0 bridgehead atoms. The maximum Gasteiger partial charge on any atom is 0.243 e. The van der Waals surface area contributed by atoms with Crippen LogP contribution in [0.2, 0.25) is 0 Å². The van der Waals surface area contributed by atoms with E-state index in [1.807, 2.05) is 0 Å². The Balaban J connectivity index is 2.27. The predicted octanol–water partition coefficient (Wildman–Crippen LogP) is -2.35. The van der Waals surface area contributed by atoms with Gasteiger partial charge >= 0.3 is 0 Å². The second kappa shape index (κ2) is 5.18. The number of nitrogens with one attached hydrogen (secondary N) is 2. The molecule has 0 aliphatic carbocycles. The molecule has 1 heterocycles. The van der Waals surface area contributed by atoms with Crippen LogP contribution in [0.3, 0.4) is 0 Å². The van der Waals surface area contributed by atoms with E-state index in [0.29, 0.717) is 19.4 Å². The van der Waals surface area contributed by atoms with Crippen LogP contribution in [0.4, 0.5) is 0 Å². The molecule has 0 aromatic heterocycles. The Kier molecular flexibility index (Phi) is 3.90. The van der Waals surface area contributed by atoms with Gasteiger partial charge in [-0.3, -0.25) is 14.6 Å².